The maximum atomic E-state index is 12.3. The van der Waals surface area contributed by atoms with Crippen molar-refractivity contribution in [1.82, 2.24) is 9.80 Å². The second-order valence-electron chi connectivity index (χ2n) is 6.01. The summed E-state index contributed by atoms with van der Waals surface area (Å²) in [5.41, 5.74) is 1.29. The van der Waals surface area contributed by atoms with Gasteiger partial charge in [0.05, 0.1) is 5.02 Å². The molecule has 0 unspecified atom stereocenters. The van der Waals surface area contributed by atoms with Gasteiger partial charge in [-0.1, -0.05) is 53.5 Å². The molecule has 0 aromatic heterocycles. The first-order valence-corrected chi connectivity index (χ1v) is 8.99. The second-order valence-corrected chi connectivity index (χ2v) is 6.85. The molecule has 1 aliphatic rings. The normalized spacial score (nSPS) is 15.2. The number of benzene rings is 2. The first kappa shape index (κ1) is 18.1. The van der Waals surface area contributed by atoms with Gasteiger partial charge >= 0.3 is 0 Å². The van der Waals surface area contributed by atoms with Gasteiger partial charge in [-0.25, -0.2) is 0 Å². The highest BCUT2D eigenvalue weighted by atomic mass is 35.5. The molecule has 0 atom stereocenters. The SMILES string of the molecule is O=C(COc1ccc(Cl)cc1Cl)N1CCN(Cc2ccccc2)CC1. The molecule has 1 heterocycles. The first-order chi connectivity index (χ1) is 12.1. The van der Waals surface area contributed by atoms with Crippen molar-refractivity contribution in [3.63, 3.8) is 0 Å². The fourth-order valence-electron chi connectivity index (χ4n) is 2.82. The summed E-state index contributed by atoms with van der Waals surface area (Å²) in [7, 11) is 0. The number of ether oxygens (including phenoxy) is 1. The first-order valence-electron chi connectivity index (χ1n) is 8.24. The molecule has 2 aromatic rings. The van der Waals surface area contributed by atoms with E-state index in [1.165, 1.54) is 5.56 Å². The molecule has 0 radical (unpaired) electrons. The topological polar surface area (TPSA) is 32.8 Å². The van der Waals surface area contributed by atoms with Crippen LogP contribution in [-0.2, 0) is 11.3 Å². The van der Waals surface area contributed by atoms with E-state index in [-0.39, 0.29) is 12.5 Å². The third kappa shape index (κ3) is 5.11. The van der Waals surface area contributed by atoms with Crippen LogP contribution in [0.1, 0.15) is 5.56 Å². The molecule has 0 saturated carbocycles. The van der Waals surface area contributed by atoms with Crippen molar-refractivity contribution in [1.29, 1.82) is 0 Å². The molecule has 1 amide bonds. The number of carbonyl (C=O) groups excluding carboxylic acids is 1. The highest BCUT2D eigenvalue weighted by molar-refractivity contribution is 6.35. The summed E-state index contributed by atoms with van der Waals surface area (Å²) < 4.78 is 5.53. The number of carbonyl (C=O) groups is 1. The Labute approximate surface area is 157 Å². The Kier molecular flexibility index (Phi) is 6.19. The monoisotopic (exact) mass is 378 g/mol. The number of hydrogen-bond acceptors (Lipinski definition) is 3. The Bertz CT molecular complexity index is 717. The van der Waals surface area contributed by atoms with Crippen LogP contribution in [0, 0.1) is 0 Å². The van der Waals surface area contributed by atoms with Crippen molar-refractivity contribution in [2.24, 2.45) is 0 Å². The largest absolute Gasteiger partial charge is 0.482 e. The minimum atomic E-state index is -0.0228. The zero-order valence-corrected chi connectivity index (χ0v) is 15.3. The van der Waals surface area contributed by atoms with E-state index in [0.717, 1.165) is 19.6 Å². The Morgan fingerprint density at radius 2 is 1.72 bits per heavy atom. The van der Waals surface area contributed by atoms with Crippen molar-refractivity contribution < 1.29 is 9.53 Å². The summed E-state index contributed by atoms with van der Waals surface area (Å²) in [5.74, 6) is 0.451. The number of halogens is 2. The molecule has 25 heavy (non-hydrogen) atoms. The van der Waals surface area contributed by atoms with Crippen molar-refractivity contribution >= 4 is 29.1 Å². The summed E-state index contributed by atoms with van der Waals surface area (Å²) in [6.07, 6.45) is 0. The number of rotatable bonds is 5. The second kappa shape index (κ2) is 8.56. The fraction of sp³-hybridized carbons (Fsp3) is 0.316. The maximum Gasteiger partial charge on any atom is 0.260 e. The van der Waals surface area contributed by atoms with Gasteiger partial charge in [0.25, 0.3) is 5.91 Å². The molecule has 3 rings (SSSR count). The maximum absolute atomic E-state index is 12.3. The van der Waals surface area contributed by atoms with Gasteiger partial charge in [0.1, 0.15) is 5.75 Å². The van der Waals surface area contributed by atoms with Crippen molar-refractivity contribution in [3.05, 3.63) is 64.1 Å². The highest BCUT2D eigenvalue weighted by Crippen LogP contribution is 2.27. The Balaban J connectivity index is 1.45. The standard InChI is InChI=1S/C19H20Cl2N2O2/c20-16-6-7-18(17(21)12-16)25-14-19(24)23-10-8-22(9-11-23)13-15-4-2-1-3-5-15/h1-7,12H,8-11,13-14H2. The Morgan fingerprint density at radius 1 is 1.00 bits per heavy atom. The zero-order chi connectivity index (χ0) is 17.6. The number of amides is 1. The molecule has 0 aliphatic carbocycles. The average Bonchev–Trinajstić information content (AvgIpc) is 2.62. The lowest BCUT2D eigenvalue weighted by Crippen LogP contribution is -2.49. The van der Waals surface area contributed by atoms with Crippen LogP contribution >= 0.6 is 23.2 Å². The summed E-state index contributed by atoms with van der Waals surface area (Å²) in [6, 6.07) is 15.3. The van der Waals surface area contributed by atoms with E-state index in [0.29, 0.717) is 28.9 Å². The Morgan fingerprint density at radius 3 is 2.40 bits per heavy atom. The number of piperazine rings is 1. The van der Waals surface area contributed by atoms with Crippen LogP contribution in [-0.4, -0.2) is 48.5 Å². The molecular formula is C19H20Cl2N2O2. The van der Waals surface area contributed by atoms with E-state index >= 15 is 0 Å². The van der Waals surface area contributed by atoms with E-state index < -0.39 is 0 Å². The predicted octanol–water partition coefficient (Wildman–Crippen LogP) is 3.72. The molecule has 4 nitrogen and oxygen atoms in total. The van der Waals surface area contributed by atoms with Gasteiger partial charge in [0.2, 0.25) is 0 Å². The van der Waals surface area contributed by atoms with Crippen LogP contribution in [0.2, 0.25) is 10.0 Å². The molecule has 6 heteroatoms. The van der Waals surface area contributed by atoms with Crippen LogP contribution < -0.4 is 4.74 Å². The van der Waals surface area contributed by atoms with Crippen molar-refractivity contribution in [3.8, 4) is 5.75 Å². The van der Waals surface area contributed by atoms with Gasteiger partial charge in [-0.3, -0.25) is 9.69 Å². The van der Waals surface area contributed by atoms with Crippen LogP contribution in [0.5, 0.6) is 5.75 Å². The number of nitrogens with zero attached hydrogens (tertiary/aromatic N) is 2. The van der Waals surface area contributed by atoms with E-state index in [1.54, 1.807) is 18.2 Å². The number of hydrogen-bond donors (Lipinski definition) is 0. The van der Waals surface area contributed by atoms with Crippen LogP contribution in [0.4, 0.5) is 0 Å². The molecule has 1 saturated heterocycles. The third-order valence-electron chi connectivity index (χ3n) is 4.22. The molecule has 2 aromatic carbocycles. The smallest absolute Gasteiger partial charge is 0.260 e. The van der Waals surface area contributed by atoms with E-state index in [2.05, 4.69) is 17.0 Å². The van der Waals surface area contributed by atoms with Crippen molar-refractivity contribution in [2.45, 2.75) is 6.54 Å². The van der Waals surface area contributed by atoms with Crippen molar-refractivity contribution in [2.75, 3.05) is 32.8 Å². The van der Waals surface area contributed by atoms with Gasteiger partial charge in [-0.2, -0.15) is 0 Å². The lowest BCUT2D eigenvalue weighted by atomic mass is 10.2. The van der Waals surface area contributed by atoms with Gasteiger partial charge < -0.3 is 9.64 Å². The summed E-state index contributed by atoms with van der Waals surface area (Å²) in [4.78, 5) is 16.5. The Hall–Kier alpha value is -1.75. The predicted molar refractivity (Wildman–Crippen MR) is 100 cm³/mol. The summed E-state index contributed by atoms with van der Waals surface area (Å²) in [6.45, 7) is 4.05. The summed E-state index contributed by atoms with van der Waals surface area (Å²) >= 11 is 11.9. The lowest BCUT2D eigenvalue weighted by Gasteiger charge is -2.34. The van der Waals surface area contributed by atoms with E-state index in [1.807, 2.05) is 23.1 Å². The fourth-order valence-corrected chi connectivity index (χ4v) is 3.28. The lowest BCUT2D eigenvalue weighted by molar-refractivity contribution is -0.135. The quantitative estimate of drug-likeness (QED) is 0.794. The van der Waals surface area contributed by atoms with Gasteiger partial charge in [0, 0.05) is 37.7 Å². The molecule has 0 spiro atoms. The molecule has 132 valence electrons. The van der Waals surface area contributed by atoms with Crippen LogP contribution in [0.25, 0.3) is 0 Å². The van der Waals surface area contributed by atoms with E-state index in [4.69, 9.17) is 27.9 Å². The molecular weight excluding hydrogens is 359 g/mol. The van der Waals surface area contributed by atoms with Gasteiger partial charge in [-0.15, -0.1) is 0 Å². The highest BCUT2D eigenvalue weighted by Gasteiger charge is 2.21. The van der Waals surface area contributed by atoms with E-state index in [9.17, 15) is 4.79 Å². The summed E-state index contributed by atoms with van der Waals surface area (Å²) in [5, 5.41) is 0.950. The molecule has 1 aliphatic heterocycles. The minimum Gasteiger partial charge on any atom is -0.482 e. The minimum absolute atomic E-state index is 0.0139. The van der Waals surface area contributed by atoms with Crippen LogP contribution in [0.3, 0.4) is 0 Å². The van der Waals surface area contributed by atoms with Crippen LogP contribution in [0.15, 0.2) is 48.5 Å². The third-order valence-corrected chi connectivity index (χ3v) is 4.75. The molecule has 0 N–H and O–H groups in total. The van der Waals surface area contributed by atoms with Gasteiger partial charge in [-0.05, 0) is 23.8 Å². The molecule has 0 bridgehead atoms. The molecule has 1 fully saturated rings. The average molecular weight is 379 g/mol. The van der Waals surface area contributed by atoms with Gasteiger partial charge in [0.15, 0.2) is 6.61 Å². The zero-order valence-electron chi connectivity index (χ0n) is 13.8.